The number of nitrogens with zero attached hydrogens (tertiary/aromatic N) is 2. The number of carbonyl (C=O) groups is 1. The van der Waals surface area contributed by atoms with E-state index < -0.39 is 5.97 Å². The Labute approximate surface area is 228 Å². The van der Waals surface area contributed by atoms with Gasteiger partial charge in [-0.2, -0.15) is 0 Å². The fraction of sp³-hybridized carbons (Fsp3) is 0.516. The van der Waals surface area contributed by atoms with Gasteiger partial charge in [-0.1, -0.05) is 41.5 Å². The third kappa shape index (κ3) is 5.61. The highest BCUT2D eigenvalue weighted by atomic mass is 32.1. The summed E-state index contributed by atoms with van der Waals surface area (Å²) >= 11 is 3.03. The van der Waals surface area contributed by atoms with Gasteiger partial charge >= 0.3 is 5.97 Å². The van der Waals surface area contributed by atoms with Gasteiger partial charge in [0.2, 0.25) is 0 Å². The molecule has 0 saturated carbocycles. The lowest BCUT2D eigenvalue weighted by molar-refractivity contribution is 0.0702. The third-order valence-corrected chi connectivity index (χ3v) is 10.2. The number of hydrogen-bond donors (Lipinski definition) is 1. The molecule has 4 aromatic heterocycles. The number of thiophene rings is 2. The van der Waals surface area contributed by atoms with Crippen LogP contribution in [0.5, 0.6) is 0 Å². The first-order valence-electron chi connectivity index (χ1n) is 13.4. The standard InChI is InChI=1S/C16H19NO2S.C15H19NS/c1-16(2,3)11-4-5-12-9(7-11)6-10-8-13(15(18)19)20-14(10)17-12;1-15(2,3)12-4-5-13-11(9-12)8-10-6-7-17-14(10)16-13/h6,8,11H,4-5,7H2,1-3H3,(H,18,19);6-8,12H,4-5,9H2,1-3H3. The molecule has 0 aromatic carbocycles. The molecule has 0 aliphatic heterocycles. The zero-order chi connectivity index (χ0) is 26.5. The molecule has 0 fully saturated rings. The Morgan fingerprint density at radius 3 is 1.92 bits per heavy atom. The molecule has 6 rings (SSSR count). The molecule has 0 amide bonds. The summed E-state index contributed by atoms with van der Waals surface area (Å²) in [4.78, 5) is 23.0. The van der Waals surface area contributed by atoms with E-state index in [2.05, 4.69) is 65.1 Å². The monoisotopic (exact) mass is 534 g/mol. The van der Waals surface area contributed by atoms with E-state index in [-0.39, 0.29) is 0 Å². The maximum Gasteiger partial charge on any atom is 0.345 e. The average Bonchev–Trinajstić information content (AvgIpc) is 3.45. The molecule has 1 N–H and O–H groups in total. The van der Waals surface area contributed by atoms with E-state index in [0.29, 0.717) is 21.6 Å². The highest BCUT2D eigenvalue weighted by Crippen LogP contribution is 2.39. The Hall–Kier alpha value is -2.31. The van der Waals surface area contributed by atoms with E-state index in [1.54, 1.807) is 17.4 Å². The Morgan fingerprint density at radius 1 is 0.838 bits per heavy atom. The molecule has 0 radical (unpaired) electrons. The SMILES string of the molecule is CC(C)(C)C1CCc2nc3sc(C(=O)O)cc3cc2C1.CC(C)(C)C1CCc2nc3sccc3cc2C1. The van der Waals surface area contributed by atoms with Gasteiger partial charge in [-0.25, -0.2) is 14.8 Å². The topological polar surface area (TPSA) is 63.1 Å². The number of fused-ring (bicyclic) bond motifs is 4. The van der Waals surface area contributed by atoms with Gasteiger partial charge in [-0.05, 0) is 102 Å². The number of hydrogen-bond acceptors (Lipinski definition) is 5. The molecule has 4 aromatic rings. The molecule has 4 nitrogen and oxygen atoms in total. The van der Waals surface area contributed by atoms with Gasteiger partial charge in [0.25, 0.3) is 0 Å². The molecule has 2 aliphatic carbocycles. The van der Waals surface area contributed by atoms with Gasteiger partial charge in [0, 0.05) is 22.2 Å². The molecular formula is C31H38N2O2S2. The van der Waals surface area contributed by atoms with Gasteiger partial charge in [0.05, 0.1) is 0 Å². The Morgan fingerprint density at radius 2 is 1.38 bits per heavy atom. The largest absolute Gasteiger partial charge is 0.477 e. The number of carboxylic acid groups (broad SMARTS) is 1. The van der Waals surface area contributed by atoms with Gasteiger partial charge in [0.15, 0.2) is 0 Å². The minimum absolute atomic E-state index is 0.313. The predicted molar refractivity (Wildman–Crippen MR) is 156 cm³/mol. The van der Waals surface area contributed by atoms with Crippen LogP contribution >= 0.6 is 22.7 Å². The second-order valence-corrected chi connectivity index (χ2v) is 14.9. The maximum atomic E-state index is 11.1. The van der Waals surface area contributed by atoms with Gasteiger partial charge in [-0.3, -0.25) is 0 Å². The average molecular weight is 535 g/mol. The van der Waals surface area contributed by atoms with E-state index in [1.807, 2.05) is 0 Å². The number of rotatable bonds is 1. The summed E-state index contributed by atoms with van der Waals surface area (Å²) in [6, 6.07) is 8.45. The van der Waals surface area contributed by atoms with Crippen LogP contribution in [0.25, 0.3) is 20.4 Å². The van der Waals surface area contributed by atoms with Crippen molar-refractivity contribution < 1.29 is 9.90 Å². The zero-order valence-electron chi connectivity index (χ0n) is 22.9. The van der Waals surface area contributed by atoms with E-state index >= 15 is 0 Å². The van der Waals surface area contributed by atoms with Crippen LogP contribution in [-0.4, -0.2) is 21.0 Å². The second kappa shape index (κ2) is 9.77. The Kier molecular flexibility index (Phi) is 6.95. The highest BCUT2D eigenvalue weighted by Gasteiger charge is 2.30. The van der Waals surface area contributed by atoms with E-state index in [1.165, 1.54) is 57.6 Å². The molecule has 37 heavy (non-hydrogen) atoms. The van der Waals surface area contributed by atoms with Crippen LogP contribution in [0.3, 0.4) is 0 Å². The first-order chi connectivity index (χ1) is 17.4. The lowest BCUT2D eigenvalue weighted by atomic mass is 9.71. The van der Waals surface area contributed by atoms with Crippen molar-refractivity contribution in [1.29, 1.82) is 0 Å². The van der Waals surface area contributed by atoms with Gasteiger partial charge in [0.1, 0.15) is 14.5 Å². The number of aromatic nitrogens is 2. The summed E-state index contributed by atoms with van der Waals surface area (Å²) in [6.45, 7) is 14.0. The van der Waals surface area contributed by atoms with Crippen LogP contribution in [0.15, 0.2) is 29.6 Å². The lowest BCUT2D eigenvalue weighted by Crippen LogP contribution is -2.27. The Balaban J connectivity index is 0.000000153. The van der Waals surface area contributed by atoms with Crippen molar-refractivity contribution in [3.8, 4) is 0 Å². The summed E-state index contributed by atoms with van der Waals surface area (Å²) in [5, 5.41) is 13.5. The molecule has 6 heteroatoms. The van der Waals surface area contributed by atoms with Crippen molar-refractivity contribution in [1.82, 2.24) is 9.97 Å². The van der Waals surface area contributed by atoms with Crippen molar-refractivity contribution in [2.45, 2.75) is 80.1 Å². The number of aryl methyl sites for hydroxylation is 2. The lowest BCUT2D eigenvalue weighted by Gasteiger charge is -2.34. The quantitative estimate of drug-likeness (QED) is 0.266. The van der Waals surface area contributed by atoms with Crippen molar-refractivity contribution >= 4 is 49.1 Å². The molecule has 2 unspecified atom stereocenters. The van der Waals surface area contributed by atoms with Gasteiger partial charge in [-0.15, -0.1) is 22.7 Å². The first-order valence-corrected chi connectivity index (χ1v) is 15.1. The fourth-order valence-corrected chi connectivity index (χ4v) is 7.40. The maximum absolute atomic E-state index is 11.1. The van der Waals surface area contributed by atoms with Crippen LogP contribution in [-0.2, 0) is 25.7 Å². The van der Waals surface area contributed by atoms with Crippen molar-refractivity contribution in [2.75, 3.05) is 0 Å². The molecular weight excluding hydrogens is 496 g/mol. The summed E-state index contributed by atoms with van der Waals surface area (Å²) in [5.41, 5.74) is 6.03. The molecule has 0 saturated heterocycles. The molecule has 196 valence electrons. The Bertz CT molecular complexity index is 1450. The molecule has 0 bridgehead atoms. The van der Waals surface area contributed by atoms with Crippen LogP contribution in [0.2, 0.25) is 0 Å². The van der Waals surface area contributed by atoms with Crippen LogP contribution in [0.4, 0.5) is 0 Å². The van der Waals surface area contributed by atoms with Crippen LogP contribution < -0.4 is 0 Å². The van der Waals surface area contributed by atoms with E-state index in [4.69, 9.17) is 15.1 Å². The fourth-order valence-electron chi connectivity index (χ4n) is 5.76. The number of carboxylic acids is 1. The molecule has 4 heterocycles. The normalized spacial score (nSPS) is 19.7. The van der Waals surface area contributed by atoms with Crippen molar-refractivity contribution in [3.63, 3.8) is 0 Å². The summed E-state index contributed by atoms with van der Waals surface area (Å²) in [7, 11) is 0. The second-order valence-electron chi connectivity index (χ2n) is 12.9. The molecule has 2 aliphatic rings. The highest BCUT2D eigenvalue weighted by molar-refractivity contribution is 7.20. The summed E-state index contributed by atoms with van der Waals surface area (Å²) in [5.74, 6) is 0.609. The molecule has 2 atom stereocenters. The zero-order valence-corrected chi connectivity index (χ0v) is 24.5. The first kappa shape index (κ1) is 26.3. The molecule has 0 spiro atoms. The van der Waals surface area contributed by atoms with Crippen LogP contribution in [0, 0.1) is 22.7 Å². The summed E-state index contributed by atoms with van der Waals surface area (Å²) < 4.78 is 0. The minimum atomic E-state index is -0.862. The van der Waals surface area contributed by atoms with Gasteiger partial charge < -0.3 is 5.11 Å². The van der Waals surface area contributed by atoms with Crippen molar-refractivity contribution in [2.24, 2.45) is 22.7 Å². The third-order valence-electron chi connectivity index (χ3n) is 8.34. The minimum Gasteiger partial charge on any atom is -0.477 e. The smallest absolute Gasteiger partial charge is 0.345 e. The van der Waals surface area contributed by atoms with Crippen molar-refractivity contribution in [3.05, 3.63) is 57.0 Å². The number of pyridine rings is 2. The predicted octanol–water partition coefficient (Wildman–Crippen LogP) is 8.59. The summed E-state index contributed by atoms with van der Waals surface area (Å²) in [6.07, 6.45) is 6.89. The van der Waals surface area contributed by atoms with E-state index in [0.717, 1.165) is 41.1 Å². The van der Waals surface area contributed by atoms with E-state index in [9.17, 15) is 4.79 Å². The number of aromatic carboxylic acids is 1. The van der Waals surface area contributed by atoms with Crippen LogP contribution in [0.1, 0.15) is 86.6 Å².